The van der Waals surface area contributed by atoms with Gasteiger partial charge in [0.2, 0.25) is 0 Å². The molecule has 0 radical (unpaired) electrons. The number of amides is 4. The number of anilines is 1. The largest absolute Gasteiger partial charge is 0.338 e. The van der Waals surface area contributed by atoms with Crippen LogP contribution in [0.3, 0.4) is 0 Å². The number of imide groups is 1. The van der Waals surface area contributed by atoms with Gasteiger partial charge in [0.25, 0.3) is 11.8 Å². The highest BCUT2D eigenvalue weighted by atomic mass is 16.2. The second kappa shape index (κ2) is 6.81. The molecule has 2 rings (SSSR count). The van der Waals surface area contributed by atoms with Gasteiger partial charge in [-0.25, -0.2) is 4.79 Å². The normalized spacial score (nSPS) is 13.7. The number of hydrogen-bond donors (Lipinski definition) is 2. The van der Waals surface area contributed by atoms with Crippen molar-refractivity contribution in [3.05, 3.63) is 29.3 Å². The number of nitrogens with one attached hydrogen (secondary N) is 2. The molecule has 1 heterocycles. The van der Waals surface area contributed by atoms with E-state index in [4.69, 9.17) is 0 Å². The van der Waals surface area contributed by atoms with E-state index >= 15 is 0 Å². The minimum atomic E-state index is -0.325. The quantitative estimate of drug-likeness (QED) is 0.820. The molecule has 0 unspecified atom stereocenters. The number of fused-ring (bicyclic) bond motifs is 1. The number of carbonyl (C=O) groups excluding carboxylic acids is 3. The lowest BCUT2D eigenvalue weighted by atomic mass is 10.1. The summed E-state index contributed by atoms with van der Waals surface area (Å²) in [7, 11) is 0. The number of rotatable bonds is 5. The molecular formula is C17H23N3O3. The van der Waals surface area contributed by atoms with Crippen molar-refractivity contribution in [2.45, 2.75) is 27.7 Å². The summed E-state index contributed by atoms with van der Waals surface area (Å²) in [5.41, 5.74) is 1.23. The molecule has 4 amide bonds. The summed E-state index contributed by atoms with van der Waals surface area (Å²) >= 11 is 0. The Morgan fingerprint density at radius 3 is 2.30 bits per heavy atom. The zero-order valence-electron chi connectivity index (χ0n) is 14.0. The Kier molecular flexibility index (Phi) is 5.03. The van der Waals surface area contributed by atoms with E-state index in [1.165, 1.54) is 4.90 Å². The fourth-order valence-electron chi connectivity index (χ4n) is 2.37. The van der Waals surface area contributed by atoms with Crippen LogP contribution < -0.4 is 10.6 Å². The Morgan fingerprint density at radius 2 is 1.70 bits per heavy atom. The lowest BCUT2D eigenvalue weighted by Gasteiger charge is -2.15. The van der Waals surface area contributed by atoms with Gasteiger partial charge < -0.3 is 10.6 Å². The standard InChI is InChI=1S/C17H23N3O3/c1-10(2)8-18-17(23)19-12-5-6-13-14(7-12)16(22)20(15(13)21)9-11(3)4/h5-7,10-11H,8-9H2,1-4H3,(H2,18,19,23). The Labute approximate surface area is 136 Å². The highest BCUT2D eigenvalue weighted by Crippen LogP contribution is 2.26. The molecule has 0 fully saturated rings. The second-order valence-electron chi connectivity index (χ2n) is 6.60. The summed E-state index contributed by atoms with van der Waals surface area (Å²) in [5, 5.41) is 5.43. The SMILES string of the molecule is CC(C)CNC(=O)Nc1ccc2c(c1)C(=O)N(CC(C)C)C2=O. The summed E-state index contributed by atoms with van der Waals surface area (Å²) in [6.07, 6.45) is 0. The second-order valence-corrected chi connectivity index (χ2v) is 6.60. The van der Waals surface area contributed by atoms with Gasteiger partial charge in [0, 0.05) is 18.8 Å². The first-order chi connectivity index (χ1) is 10.8. The Balaban J connectivity index is 2.12. The minimum absolute atomic E-state index is 0.205. The van der Waals surface area contributed by atoms with Gasteiger partial charge in [-0.2, -0.15) is 0 Å². The predicted molar refractivity (Wildman–Crippen MR) is 88.5 cm³/mol. The van der Waals surface area contributed by atoms with Gasteiger partial charge in [0.05, 0.1) is 11.1 Å². The smallest absolute Gasteiger partial charge is 0.319 e. The molecule has 1 aromatic carbocycles. The monoisotopic (exact) mass is 317 g/mol. The summed E-state index contributed by atoms with van der Waals surface area (Å²) < 4.78 is 0. The van der Waals surface area contributed by atoms with Crippen molar-refractivity contribution >= 4 is 23.5 Å². The summed E-state index contributed by atoms with van der Waals surface area (Å²) in [6, 6.07) is 4.46. The average Bonchev–Trinajstić information content (AvgIpc) is 2.70. The van der Waals surface area contributed by atoms with Crippen LogP contribution in [0.4, 0.5) is 10.5 Å². The maximum Gasteiger partial charge on any atom is 0.319 e. The predicted octanol–water partition coefficient (Wildman–Crippen LogP) is 2.72. The van der Waals surface area contributed by atoms with Crippen molar-refractivity contribution in [3.63, 3.8) is 0 Å². The maximum atomic E-state index is 12.4. The first-order valence-corrected chi connectivity index (χ1v) is 7.84. The van der Waals surface area contributed by atoms with Crippen LogP contribution in [-0.2, 0) is 0 Å². The van der Waals surface area contributed by atoms with Gasteiger partial charge in [-0.05, 0) is 30.0 Å². The third-order valence-corrected chi connectivity index (χ3v) is 3.45. The van der Waals surface area contributed by atoms with E-state index in [2.05, 4.69) is 10.6 Å². The van der Waals surface area contributed by atoms with Crippen LogP contribution >= 0.6 is 0 Å². The summed E-state index contributed by atoms with van der Waals surface area (Å²) in [6.45, 7) is 8.87. The molecule has 0 saturated carbocycles. The van der Waals surface area contributed by atoms with Crippen molar-refractivity contribution in [2.24, 2.45) is 11.8 Å². The number of urea groups is 1. The van der Waals surface area contributed by atoms with E-state index in [0.717, 1.165) is 0 Å². The molecule has 23 heavy (non-hydrogen) atoms. The molecular weight excluding hydrogens is 294 g/mol. The molecule has 0 aromatic heterocycles. The minimum Gasteiger partial charge on any atom is -0.338 e. The zero-order valence-corrected chi connectivity index (χ0v) is 14.0. The molecule has 0 spiro atoms. The van der Waals surface area contributed by atoms with E-state index in [-0.39, 0.29) is 23.8 Å². The molecule has 0 aliphatic carbocycles. The van der Waals surface area contributed by atoms with Crippen LogP contribution in [0.1, 0.15) is 48.4 Å². The van der Waals surface area contributed by atoms with Crippen molar-refractivity contribution in [1.29, 1.82) is 0 Å². The van der Waals surface area contributed by atoms with Gasteiger partial charge in [-0.3, -0.25) is 14.5 Å². The molecule has 1 aliphatic heterocycles. The first kappa shape index (κ1) is 17.0. The third-order valence-electron chi connectivity index (χ3n) is 3.45. The summed E-state index contributed by atoms with van der Waals surface area (Å²) in [5.74, 6) is -0.0133. The van der Waals surface area contributed by atoms with Crippen molar-refractivity contribution in [2.75, 3.05) is 18.4 Å². The van der Waals surface area contributed by atoms with Crippen molar-refractivity contribution in [3.8, 4) is 0 Å². The third kappa shape index (κ3) is 3.88. The Hall–Kier alpha value is -2.37. The van der Waals surface area contributed by atoms with Crippen LogP contribution in [0.25, 0.3) is 0 Å². The van der Waals surface area contributed by atoms with E-state index in [1.807, 2.05) is 27.7 Å². The van der Waals surface area contributed by atoms with Gasteiger partial charge in [-0.1, -0.05) is 27.7 Å². The van der Waals surface area contributed by atoms with Gasteiger partial charge in [0.1, 0.15) is 0 Å². The van der Waals surface area contributed by atoms with Crippen LogP contribution in [0, 0.1) is 11.8 Å². The highest BCUT2D eigenvalue weighted by Gasteiger charge is 2.35. The molecule has 6 heteroatoms. The van der Waals surface area contributed by atoms with E-state index in [0.29, 0.717) is 35.8 Å². The van der Waals surface area contributed by atoms with Gasteiger partial charge in [0.15, 0.2) is 0 Å². The molecule has 1 aromatic rings. The molecule has 0 saturated heterocycles. The topological polar surface area (TPSA) is 78.5 Å². The van der Waals surface area contributed by atoms with Gasteiger partial charge >= 0.3 is 6.03 Å². The molecule has 2 N–H and O–H groups in total. The van der Waals surface area contributed by atoms with Crippen LogP contribution in [-0.4, -0.2) is 35.8 Å². The Bertz CT molecular complexity index is 638. The van der Waals surface area contributed by atoms with E-state index in [1.54, 1.807) is 18.2 Å². The van der Waals surface area contributed by atoms with Gasteiger partial charge in [-0.15, -0.1) is 0 Å². The number of benzene rings is 1. The van der Waals surface area contributed by atoms with Crippen LogP contribution in [0.15, 0.2) is 18.2 Å². The molecule has 1 aliphatic rings. The van der Waals surface area contributed by atoms with Crippen LogP contribution in [0.2, 0.25) is 0 Å². The number of carbonyl (C=O) groups is 3. The van der Waals surface area contributed by atoms with E-state index < -0.39 is 0 Å². The summed E-state index contributed by atoms with van der Waals surface area (Å²) in [4.78, 5) is 37.7. The zero-order chi connectivity index (χ0) is 17.1. The first-order valence-electron chi connectivity index (χ1n) is 7.84. The van der Waals surface area contributed by atoms with Crippen LogP contribution in [0.5, 0.6) is 0 Å². The van der Waals surface area contributed by atoms with Crippen molar-refractivity contribution < 1.29 is 14.4 Å². The number of hydrogen-bond acceptors (Lipinski definition) is 3. The Morgan fingerprint density at radius 1 is 1.04 bits per heavy atom. The molecule has 0 atom stereocenters. The van der Waals surface area contributed by atoms with Crippen molar-refractivity contribution in [1.82, 2.24) is 10.2 Å². The lowest BCUT2D eigenvalue weighted by molar-refractivity contribution is 0.0636. The maximum absolute atomic E-state index is 12.4. The number of nitrogens with zero attached hydrogens (tertiary/aromatic N) is 1. The molecule has 0 bridgehead atoms. The van der Waals surface area contributed by atoms with E-state index in [9.17, 15) is 14.4 Å². The molecule has 6 nitrogen and oxygen atoms in total. The fraction of sp³-hybridized carbons (Fsp3) is 0.471. The fourth-order valence-corrected chi connectivity index (χ4v) is 2.37. The lowest BCUT2D eigenvalue weighted by Crippen LogP contribution is -2.33. The average molecular weight is 317 g/mol. The highest BCUT2D eigenvalue weighted by molar-refractivity contribution is 6.21. The molecule has 124 valence electrons.